The van der Waals surface area contributed by atoms with Crippen molar-refractivity contribution < 1.29 is 13.9 Å². The molecule has 176 valence electrons. The number of carbonyl (C=O) groups is 1. The van der Waals surface area contributed by atoms with Gasteiger partial charge in [-0.2, -0.15) is 0 Å². The zero-order valence-electron chi connectivity index (χ0n) is 19.8. The second kappa shape index (κ2) is 9.02. The van der Waals surface area contributed by atoms with Crippen LogP contribution in [0.1, 0.15) is 43.6 Å². The van der Waals surface area contributed by atoms with Crippen molar-refractivity contribution in [2.45, 2.75) is 39.3 Å². The highest BCUT2D eigenvalue weighted by molar-refractivity contribution is 7.80. The predicted molar refractivity (Wildman–Crippen MR) is 134 cm³/mol. The third-order valence-electron chi connectivity index (χ3n) is 6.01. The number of hydrogen-bond acceptors (Lipinski definition) is 4. The van der Waals surface area contributed by atoms with Crippen LogP contribution in [0.2, 0.25) is 0 Å². The summed E-state index contributed by atoms with van der Waals surface area (Å²) in [6.07, 6.45) is 5.51. The number of halogens is 1. The number of ether oxygens (including phenoxy) is 1. The summed E-state index contributed by atoms with van der Waals surface area (Å²) in [5, 5.41) is 3.63. The quantitative estimate of drug-likeness (QED) is 0.415. The molecule has 4 rings (SSSR count). The van der Waals surface area contributed by atoms with E-state index in [2.05, 4.69) is 10.3 Å². The molecule has 1 N–H and O–H groups in total. The van der Waals surface area contributed by atoms with Crippen LogP contribution in [-0.2, 0) is 4.79 Å². The molecular formula is C26H27FN4O2S. The first-order valence-corrected chi connectivity index (χ1v) is 11.3. The minimum Gasteiger partial charge on any atom is -0.495 e. The van der Waals surface area contributed by atoms with Gasteiger partial charge in [-0.05, 0) is 81.4 Å². The van der Waals surface area contributed by atoms with Gasteiger partial charge in [0, 0.05) is 11.8 Å². The molecule has 1 atom stereocenters. The minimum absolute atomic E-state index is 0.196. The second-order valence-corrected chi connectivity index (χ2v) is 9.26. The average molecular weight is 479 g/mol. The lowest BCUT2D eigenvalue weighted by atomic mass is 9.88. The highest BCUT2D eigenvalue weighted by Gasteiger charge is 2.41. The van der Waals surface area contributed by atoms with Crippen LogP contribution < -0.4 is 10.1 Å². The summed E-state index contributed by atoms with van der Waals surface area (Å²) in [4.78, 5) is 19.5. The summed E-state index contributed by atoms with van der Waals surface area (Å²) in [5.74, 6) is 0.137. The minimum atomic E-state index is -0.680. The first-order valence-electron chi connectivity index (χ1n) is 10.9. The third kappa shape index (κ3) is 4.46. The fourth-order valence-corrected chi connectivity index (χ4v) is 4.58. The molecule has 1 amide bonds. The van der Waals surface area contributed by atoms with E-state index in [-0.39, 0.29) is 17.8 Å². The van der Waals surface area contributed by atoms with Gasteiger partial charge in [0.05, 0.1) is 36.4 Å². The monoisotopic (exact) mass is 478 g/mol. The van der Waals surface area contributed by atoms with Gasteiger partial charge in [-0.15, -0.1) is 0 Å². The van der Waals surface area contributed by atoms with Crippen LogP contribution in [0.25, 0.3) is 11.8 Å². The number of aryl methyl sites for hydroxylation is 1. The molecule has 0 aliphatic carbocycles. The standard InChI is InChI=1S/C26H27FN4O2S/c1-16-14-30(15-28-16)22-11-6-18(13-23(22)33-5)12-21-24(32)31(25(34)29-26(21,3)4)17(2)19-7-9-20(27)10-8-19/h6-15,17H,1-5H3,(H,29,34)/b21-12-. The number of methoxy groups -OCH3 is 1. The summed E-state index contributed by atoms with van der Waals surface area (Å²) >= 11 is 5.55. The molecule has 2 heterocycles. The predicted octanol–water partition coefficient (Wildman–Crippen LogP) is 4.97. The Hall–Kier alpha value is -3.52. The van der Waals surface area contributed by atoms with Crippen molar-refractivity contribution in [2.75, 3.05) is 7.11 Å². The molecule has 0 bridgehead atoms. The normalized spacial score (nSPS) is 17.6. The first kappa shape index (κ1) is 23.6. The molecule has 0 spiro atoms. The lowest BCUT2D eigenvalue weighted by molar-refractivity contribution is -0.126. The molecule has 0 radical (unpaired) electrons. The van der Waals surface area contributed by atoms with Crippen LogP contribution >= 0.6 is 12.2 Å². The lowest BCUT2D eigenvalue weighted by Gasteiger charge is -2.43. The number of imidazole rings is 1. The Kier molecular flexibility index (Phi) is 6.27. The van der Waals surface area contributed by atoms with Gasteiger partial charge in [-0.1, -0.05) is 18.2 Å². The summed E-state index contributed by atoms with van der Waals surface area (Å²) in [7, 11) is 1.61. The molecule has 1 unspecified atom stereocenters. The van der Waals surface area contributed by atoms with Crippen molar-refractivity contribution >= 4 is 29.3 Å². The molecule has 3 aromatic rings. The number of nitrogens with one attached hydrogen (secondary N) is 1. The number of amides is 1. The van der Waals surface area contributed by atoms with Crippen molar-refractivity contribution in [3.63, 3.8) is 0 Å². The van der Waals surface area contributed by atoms with Crippen molar-refractivity contribution in [1.82, 2.24) is 19.8 Å². The largest absolute Gasteiger partial charge is 0.495 e. The van der Waals surface area contributed by atoms with E-state index in [1.807, 2.05) is 62.7 Å². The fraction of sp³-hybridized carbons (Fsp3) is 0.269. The van der Waals surface area contributed by atoms with E-state index in [1.54, 1.807) is 30.5 Å². The van der Waals surface area contributed by atoms with Crippen LogP contribution in [0.15, 0.2) is 60.6 Å². The molecule has 0 saturated carbocycles. The Balaban J connectivity index is 1.71. The first-order chi connectivity index (χ1) is 16.1. The Morgan fingerprint density at radius 2 is 1.91 bits per heavy atom. The SMILES string of the molecule is COc1cc(/C=C2/C(=O)N(C(C)c3ccc(F)cc3)C(=S)NC2(C)C)ccc1-n1cnc(C)c1. The summed E-state index contributed by atoms with van der Waals surface area (Å²) in [6, 6.07) is 11.5. The lowest BCUT2D eigenvalue weighted by Crippen LogP contribution is -2.61. The van der Waals surface area contributed by atoms with Gasteiger partial charge in [0.2, 0.25) is 0 Å². The van der Waals surface area contributed by atoms with Gasteiger partial charge in [0.15, 0.2) is 5.11 Å². The fourth-order valence-electron chi connectivity index (χ4n) is 4.09. The molecule has 1 aliphatic heterocycles. The van der Waals surface area contributed by atoms with Crippen LogP contribution in [0.5, 0.6) is 5.75 Å². The number of nitrogens with zero attached hydrogens (tertiary/aromatic N) is 3. The zero-order chi connectivity index (χ0) is 24.6. The summed E-state index contributed by atoms with van der Waals surface area (Å²) in [5.41, 5.74) is 3.24. The Morgan fingerprint density at radius 3 is 2.53 bits per heavy atom. The zero-order valence-corrected chi connectivity index (χ0v) is 20.6. The number of hydrogen-bond donors (Lipinski definition) is 1. The van der Waals surface area contributed by atoms with Gasteiger partial charge in [-0.25, -0.2) is 9.37 Å². The summed E-state index contributed by atoms with van der Waals surface area (Å²) < 4.78 is 20.9. The van der Waals surface area contributed by atoms with E-state index in [1.165, 1.54) is 12.1 Å². The molecule has 1 saturated heterocycles. The summed E-state index contributed by atoms with van der Waals surface area (Å²) in [6.45, 7) is 7.64. The maximum atomic E-state index is 13.7. The molecule has 1 aromatic heterocycles. The topological polar surface area (TPSA) is 59.4 Å². The number of thiocarbonyl (C=S) groups is 1. The highest BCUT2D eigenvalue weighted by Crippen LogP contribution is 2.33. The Bertz CT molecular complexity index is 1280. The van der Waals surface area contributed by atoms with E-state index in [9.17, 15) is 9.18 Å². The van der Waals surface area contributed by atoms with Gasteiger partial charge in [0.1, 0.15) is 11.6 Å². The highest BCUT2D eigenvalue weighted by atomic mass is 32.1. The van der Waals surface area contributed by atoms with E-state index in [0.29, 0.717) is 16.4 Å². The molecule has 6 nitrogen and oxygen atoms in total. The maximum Gasteiger partial charge on any atom is 0.258 e. The van der Waals surface area contributed by atoms with Crippen molar-refractivity contribution in [3.8, 4) is 11.4 Å². The molecule has 2 aromatic carbocycles. The second-order valence-electron chi connectivity index (χ2n) is 8.87. The van der Waals surface area contributed by atoms with E-state index >= 15 is 0 Å². The maximum absolute atomic E-state index is 13.7. The number of carbonyl (C=O) groups excluding carboxylic acids is 1. The van der Waals surface area contributed by atoms with Crippen LogP contribution in [-0.4, -0.2) is 38.1 Å². The molecule has 1 aliphatic rings. The molecule has 34 heavy (non-hydrogen) atoms. The van der Waals surface area contributed by atoms with Crippen molar-refractivity contribution in [1.29, 1.82) is 0 Å². The van der Waals surface area contributed by atoms with Crippen molar-refractivity contribution in [3.05, 3.63) is 83.2 Å². The number of benzene rings is 2. The smallest absolute Gasteiger partial charge is 0.258 e. The number of aromatic nitrogens is 2. The number of rotatable bonds is 5. The molecule has 8 heteroatoms. The average Bonchev–Trinajstić information content (AvgIpc) is 3.22. The Labute approximate surface area is 204 Å². The van der Waals surface area contributed by atoms with Gasteiger partial charge >= 0.3 is 0 Å². The van der Waals surface area contributed by atoms with Crippen molar-refractivity contribution in [2.24, 2.45) is 0 Å². The van der Waals surface area contributed by atoms with Gasteiger partial charge in [0.25, 0.3) is 5.91 Å². The van der Waals surface area contributed by atoms with Crippen LogP contribution in [0.4, 0.5) is 4.39 Å². The van der Waals surface area contributed by atoms with Crippen LogP contribution in [0, 0.1) is 12.7 Å². The van der Waals surface area contributed by atoms with Crippen LogP contribution in [0.3, 0.4) is 0 Å². The van der Waals surface area contributed by atoms with E-state index < -0.39 is 5.54 Å². The van der Waals surface area contributed by atoms with Gasteiger partial charge < -0.3 is 14.6 Å². The molecular weight excluding hydrogens is 451 g/mol. The van der Waals surface area contributed by atoms with Gasteiger partial charge in [-0.3, -0.25) is 9.69 Å². The third-order valence-corrected chi connectivity index (χ3v) is 6.30. The molecule has 1 fully saturated rings. The van der Waals surface area contributed by atoms with E-state index in [0.717, 1.165) is 22.5 Å². The van der Waals surface area contributed by atoms with E-state index in [4.69, 9.17) is 17.0 Å². The Morgan fingerprint density at radius 1 is 1.21 bits per heavy atom.